The molecule has 1 saturated heterocycles. The highest BCUT2D eigenvalue weighted by atomic mass is 16.6. The fourth-order valence-corrected chi connectivity index (χ4v) is 3.08. The fourth-order valence-electron chi connectivity index (χ4n) is 3.08. The Labute approximate surface area is 88.5 Å². The molecule has 0 bridgehead atoms. The van der Waals surface area contributed by atoms with Gasteiger partial charge in [0.15, 0.2) is 0 Å². The first-order valence-electron chi connectivity index (χ1n) is 5.71. The summed E-state index contributed by atoms with van der Waals surface area (Å²) in [5.41, 5.74) is 2.88. The SMILES string of the molecule is O=C1OC(=O)[C@@H]2CC3=C(CCCC3)C[C@H]12. The summed E-state index contributed by atoms with van der Waals surface area (Å²) < 4.78 is 4.71. The van der Waals surface area contributed by atoms with Crippen molar-refractivity contribution >= 4 is 11.9 Å². The van der Waals surface area contributed by atoms with Crippen molar-refractivity contribution in [2.24, 2.45) is 11.8 Å². The van der Waals surface area contributed by atoms with Crippen molar-refractivity contribution in [1.29, 1.82) is 0 Å². The minimum absolute atomic E-state index is 0.158. The third-order valence-electron chi connectivity index (χ3n) is 3.93. The number of carbonyl (C=O) groups is 2. The van der Waals surface area contributed by atoms with Crippen LogP contribution in [0.5, 0.6) is 0 Å². The molecule has 15 heavy (non-hydrogen) atoms. The largest absolute Gasteiger partial charge is 0.393 e. The Bertz CT molecular complexity index is 333. The molecule has 0 N–H and O–H groups in total. The number of cyclic esters (lactones) is 2. The van der Waals surface area contributed by atoms with Gasteiger partial charge in [0.25, 0.3) is 0 Å². The Morgan fingerprint density at radius 3 is 1.80 bits per heavy atom. The van der Waals surface area contributed by atoms with Crippen molar-refractivity contribution in [3.05, 3.63) is 11.1 Å². The molecule has 0 aromatic heterocycles. The van der Waals surface area contributed by atoms with Gasteiger partial charge in [-0.1, -0.05) is 11.1 Å². The second-order valence-corrected chi connectivity index (χ2v) is 4.78. The number of hydrogen-bond acceptors (Lipinski definition) is 3. The van der Waals surface area contributed by atoms with Crippen LogP contribution in [-0.4, -0.2) is 11.9 Å². The van der Waals surface area contributed by atoms with E-state index in [0.29, 0.717) is 0 Å². The molecule has 0 aromatic rings. The van der Waals surface area contributed by atoms with E-state index in [1.54, 1.807) is 0 Å². The number of ether oxygens (including phenoxy) is 1. The van der Waals surface area contributed by atoms with E-state index in [2.05, 4.69) is 0 Å². The van der Waals surface area contributed by atoms with Crippen LogP contribution >= 0.6 is 0 Å². The van der Waals surface area contributed by atoms with Crippen LogP contribution in [0.3, 0.4) is 0 Å². The Balaban J connectivity index is 1.91. The average Bonchev–Trinajstić information content (AvgIpc) is 2.52. The first-order valence-corrected chi connectivity index (χ1v) is 5.71. The molecule has 3 rings (SSSR count). The van der Waals surface area contributed by atoms with E-state index in [1.807, 2.05) is 0 Å². The lowest BCUT2D eigenvalue weighted by molar-refractivity contribution is -0.153. The summed E-state index contributed by atoms with van der Waals surface area (Å²) in [6, 6.07) is 0. The van der Waals surface area contributed by atoms with Crippen molar-refractivity contribution < 1.29 is 14.3 Å². The number of hydrogen-bond donors (Lipinski definition) is 0. The molecule has 0 amide bonds. The van der Waals surface area contributed by atoms with Crippen LogP contribution in [0, 0.1) is 11.8 Å². The van der Waals surface area contributed by atoms with E-state index in [-0.39, 0.29) is 23.8 Å². The van der Waals surface area contributed by atoms with Crippen molar-refractivity contribution in [3.8, 4) is 0 Å². The van der Waals surface area contributed by atoms with E-state index in [4.69, 9.17) is 4.74 Å². The molecule has 2 aliphatic carbocycles. The lowest BCUT2D eigenvalue weighted by atomic mass is 9.72. The van der Waals surface area contributed by atoms with Crippen LogP contribution < -0.4 is 0 Å². The van der Waals surface area contributed by atoms with Gasteiger partial charge in [-0.25, -0.2) is 0 Å². The standard InChI is InChI=1S/C12H14O3/c13-11-9-5-7-3-1-2-4-8(7)6-10(9)12(14)15-11/h9-10H,1-6H2/t9-,10+. The maximum Gasteiger partial charge on any atom is 0.317 e. The molecule has 2 atom stereocenters. The summed E-state index contributed by atoms with van der Waals surface area (Å²) >= 11 is 0. The molecule has 3 heteroatoms. The quantitative estimate of drug-likeness (QED) is 0.346. The second-order valence-electron chi connectivity index (χ2n) is 4.78. The molecule has 0 aromatic carbocycles. The van der Waals surface area contributed by atoms with Crippen molar-refractivity contribution in [2.75, 3.05) is 0 Å². The summed E-state index contributed by atoms with van der Waals surface area (Å²) in [7, 11) is 0. The Hall–Kier alpha value is -1.12. The summed E-state index contributed by atoms with van der Waals surface area (Å²) in [6.45, 7) is 0. The molecule has 3 nitrogen and oxygen atoms in total. The van der Waals surface area contributed by atoms with Crippen molar-refractivity contribution in [3.63, 3.8) is 0 Å². The van der Waals surface area contributed by atoms with Gasteiger partial charge in [-0.3, -0.25) is 9.59 Å². The number of carbonyl (C=O) groups excluding carboxylic acids is 2. The topological polar surface area (TPSA) is 43.4 Å². The summed E-state index contributed by atoms with van der Waals surface area (Å²) in [6.07, 6.45) is 6.29. The van der Waals surface area contributed by atoms with Gasteiger partial charge in [-0.2, -0.15) is 0 Å². The minimum atomic E-state index is -0.290. The number of rotatable bonds is 0. The molecular formula is C12H14O3. The molecule has 3 aliphatic rings. The Morgan fingerprint density at radius 1 is 0.867 bits per heavy atom. The highest BCUT2D eigenvalue weighted by Crippen LogP contribution is 2.44. The predicted molar refractivity (Wildman–Crippen MR) is 52.8 cm³/mol. The van der Waals surface area contributed by atoms with Crippen LogP contribution in [0.15, 0.2) is 11.1 Å². The molecule has 80 valence electrons. The Morgan fingerprint density at radius 2 is 1.33 bits per heavy atom. The highest BCUT2D eigenvalue weighted by Gasteiger charge is 2.47. The third kappa shape index (κ3) is 1.33. The maximum absolute atomic E-state index is 11.4. The van der Waals surface area contributed by atoms with Crippen LogP contribution in [-0.2, 0) is 14.3 Å². The first-order chi connectivity index (χ1) is 7.25. The maximum atomic E-state index is 11.4. The van der Waals surface area contributed by atoms with Gasteiger partial charge in [-0.05, 0) is 38.5 Å². The first kappa shape index (κ1) is 9.13. The van der Waals surface area contributed by atoms with Crippen LogP contribution in [0.25, 0.3) is 0 Å². The normalized spacial score (nSPS) is 34.9. The summed E-state index contributed by atoms with van der Waals surface area (Å²) in [5, 5.41) is 0. The average molecular weight is 206 g/mol. The zero-order chi connectivity index (χ0) is 10.4. The lowest BCUT2D eigenvalue weighted by Gasteiger charge is -2.29. The van der Waals surface area contributed by atoms with Gasteiger partial charge in [0.05, 0.1) is 11.8 Å². The summed E-state index contributed by atoms with van der Waals surface area (Å²) in [4.78, 5) is 22.9. The van der Waals surface area contributed by atoms with E-state index >= 15 is 0 Å². The number of fused-ring (bicyclic) bond motifs is 1. The molecule has 1 aliphatic heterocycles. The van der Waals surface area contributed by atoms with Crippen LogP contribution in [0.1, 0.15) is 38.5 Å². The zero-order valence-electron chi connectivity index (χ0n) is 8.62. The molecule has 0 radical (unpaired) electrons. The van der Waals surface area contributed by atoms with Gasteiger partial charge in [0.1, 0.15) is 0 Å². The van der Waals surface area contributed by atoms with Crippen molar-refractivity contribution in [2.45, 2.75) is 38.5 Å². The minimum Gasteiger partial charge on any atom is -0.393 e. The highest BCUT2D eigenvalue weighted by molar-refractivity contribution is 5.97. The van der Waals surface area contributed by atoms with Gasteiger partial charge in [0, 0.05) is 0 Å². The van der Waals surface area contributed by atoms with E-state index in [0.717, 1.165) is 25.7 Å². The van der Waals surface area contributed by atoms with Crippen LogP contribution in [0.4, 0.5) is 0 Å². The molecule has 1 fully saturated rings. The molecule has 0 spiro atoms. The van der Waals surface area contributed by atoms with Gasteiger partial charge >= 0.3 is 11.9 Å². The van der Waals surface area contributed by atoms with Gasteiger partial charge in [-0.15, -0.1) is 0 Å². The van der Waals surface area contributed by atoms with E-state index in [1.165, 1.54) is 24.0 Å². The molecule has 0 unspecified atom stereocenters. The van der Waals surface area contributed by atoms with Crippen LogP contribution in [0.2, 0.25) is 0 Å². The third-order valence-corrected chi connectivity index (χ3v) is 3.93. The smallest absolute Gasteiger partial charge is 0.317 e. The monoisotopic (exact) mass is 206 g/mol. The molecular weight excluding hydrogens is 192 g/mol. The van der Waals surface area contributed by atoms with Gasteiger partial charge < -0.3 is 4.74 Å². The van der Waals surface area contributed by atoms with E-state index < -0.39 is 0 Å². The second kappa shape index (κ2) is 3.19. The Kier molecular flexibility index (Phi) is 1.94. The van der Waals surface area contributed by atoms with Crippen molar-refractivity contribution in [1.82, 2.24) is 0 Å². The molecule has 0 saturated carbocycles. The number of esters is 2. The lowest BCUT2D eigenvalue weighted by Crippen LogP contribution is -2.25. The fraction of sp³-hybridized carbons (Fsp3) is 0.667. The number of allylic oxidation sites excluding steroid dienone is 2. The molecule has 1 heterocycles. The van der Waals surface area contributed by atoms with E-state index in [9.17, 15) is 9.59 Å². The summed E-state index contributed by atoms with van der Waals surface area (Å²) in [5.74, 6) is -0.895. The van der Waals surface area contributed by atoms with Gasteiger partial charge in [0.2, 0.25) is 0 Å². The zero-order valence-corrected chi connectivity index (χ0v) is 8.62. The predicted octanol–water partition coefficient (Wildman–Crippen LogP) is 1.97.